The fourth-order valence-corrected chi connectivity index (χ4v) is 0. The summed E-state index contributed by atoms with van der Waals surface area (Å²) in [5.41, 5.74) is 0. The Morgan fingerprint density at radius 3 is 1.33 bits per heavy atom. The molecule has 0 aliphatic rings. The molecule has 0 aromatic carbocycles. The molecule has 0 heterocycles. The summed E-state index contributed by atoms with van der Waals surface area (Å²) in [6.07, 6.45) is -1.83. The van der Waals surface area contributed by atoms with E-state index in [1.54, 1.807) is 0 Å². The van der Waals surface area contributed by atoms with Crippen molar-refractivity contribution in [2.75, 3.05) is 0 Å². The molecule has 0 aliphatic carbocycles. The van der Waals surface area contributed by atoms with Gasteiger partial charge in [-0.15, -0.1) is 0 Å². The van der Waals surface area contributed by atoms with Crippen LogP contribution in [0.1, 0.15) is 2.85 Å². The molecule has 0 fully saturated rings. The van der Waals surface area contributed by atoms with Crippen molar-refractivity contribution < 1.29 is 17.9 Å². The second-order valence-electron chi connectivity index (χ2n) is 0.283. The Morgan fingerprint density at radius 1 is 1.33 bits per heavy atom. The van der Waals surface area contributed by atoms with E-state index in [0.717, 1.165) is 0 Å². The van der Waals surface area contributed by atoms with E-state index in [1.807, 2.05) is 0 Å². The summed E-state index contributed by atoms with van der Waals surface area (Å²) in [4.78, 5) is 8.56. The molecule has 0 unspecified atom stereocenters. The van der Waals surface area contributed by atoms with Gasteiger partial charge in [0.05, 0.1) is 0 Å². The molecule has 0 aromatic heterocycles. The fraction of sp³-hybridized carbons (Fsp3) is 0. The van der Waals surface area contributed by atoms with Crippen LogP contribution in [0.3, 0.4) is 0 Å². The van der Waals surface area contributed by atoms with Gasteiger partial charge in [0.2, 0.25) is 0 Å². The van der Waals surface area contributed by atoms with Crippen molar-refractivity contribution in [1.82, 2.24) is 0 Å². The van der Waals surface area contributed by atoms with Crippen molar-refractivity contribution in [1.29, 1.82) is 0 Å². The van der Waals surface area contributed by atoms with Crippen molar-refractivity contribution >= 4 is 65.3 Å². The molecule has 0 saturated carbocycles. The van der Waals surface area contributed by atoms with E-state index in [0.29, 0.717) is 0 Å². The zero-order chi connectivity index (χ0) is 3.58. The predicted octanol–water partition coefficient (Wildman–Crippen LogP) is -0.850. The molecule has 0 rings (SSSR count). The topological polar surface area (TPSA) is 57.5 Å². The van der Waals surface area contributed by atoms with E-state index in [9.17, 15) is 0 Å². The Kier molecular flexibility index (Phi) is 25.0. The molecular formula is CH6Na2O3+2. The van der Waals surface area contributed by atoms with Gasteiger partial charge in [-0.2, -0.15) is 0 Å². The molecule has 0 aliphatic heterocycles. The Balaban J connectivity index is -0.00000000750. The van der Waals surface area contributed by atoms with Gasteiger partial charge in [0.1, 0.15) is 0 Å². The molecule has 28 valence electrons. The molecular weight excluding hydrogens is 106 g/mol. The summed E-state index contributed by atoms with van der Waals surface area (Å²) in [7, 11) is 0. The maximum absolute atomic E-state index is 8.56. The van der Waals surface area contributed by atoms with Crippen molar-refractivity contribution in [3.8, 4) is 0 Å². The van der Waals surface area contributed by atoms with Crippen LogP contribution in [0.25, 0.3) is 0 Å². The number of carboxylic acid groups (broad SMARTS) is 2. The maximum atomic E-state index is 8.56. The monoisotopic (exact) mass is 112 g/mol. The summed E-state index contributed by atoms with van der Waals surface area (Å²) < 4.78 is 0. The second kappa shape index (κ2) is 9.55. The first kappa shape index (κ1) is 15.7. The van der Waals surface area contributed by atoms with Crippen LogP contribution >= 0.6 is 0 Å². The first-order valence-electron chi connectivity index (χ1n) is 0.651. The van der Waals surface area contributed by atoms with Crippen LogP contribution in [0.15, 0.2) is 0 Å². The van der Waals surface area contributed by atoms with Gasteiger partial charge in [0.25, 0.3) is 0 Å². The van der Waals surface area contributed by atoms with Gasteiger partial charge in [0, 0.05) is 0 Å². The van der Waals surface area contributed by atoms with Gasteiger partial charge in [0.15, 0.2) is 0 Å². The van der Waals surface area contributed by atoms with Crippen LogP contribution in [0.5, 0.6) is 0 Å². The van der Waals surface area contributed by atoms with E-state index in [2.05, 4.69) is 0 Å². The van der Waals surface area contributed by atoms with E-state index < -0.39 is 6.16 Å². The minimum absolute atomic E-state index is 0. The molecule has 0 atom stereocenters. The third kappa shape index (κ3) is 59.6. The van der Waals surface area contributed by atoms with E-state index in [1.165, 1.54) is 0 Å². The second-order valence-corrected chi connectivity index (χ2v) is 0.283. The molecule has 0 radical (unpaired) electrons. The van der Waals surface area contributed by atoms with Crippen molar-refractivity contribution in [3.05, 3.63) is 0 Å². The number of carbonyl (C=O) groups is 1. The Labute approximate surface area is 82.3 Å². The van der Waals surface area contributed by atoms with Crippen LogP contribution < -0.4 is 0 Å². The SMILES string of the molecule is O=C(O)O.[H+].[H+].[NaH].[NaH]. The summed E-state index contributed by atoms with van der Waals surface area (Å²) >= 11 is 0. The Hall–Kier alpha value is 1.27. The average Bonchev–Trinajstić information content (AvgIpc) is 0.811. The number of rotatable bonds is 0. The quantitative estimate of drug-likeness (QED) is 0.401. The minimum atomic E-state index is -1.83. The summed E-state index contributed by atoms with van der Waals surface area (Å²) in [5, 5.41) is 13.9. The standard InChI is InChI=1S/CH2O3.2Na.2H/c2-1(3)4;;;;/h(H2,2,3,4);;;;/p+2. The predicted molar refractivity (Wildman–Crippen MR) is 27.2 cm³/mol. The normalized spacial score (nSPS) is 4.00. The van der Waals surface area contributed by atoms with E-state index in [-0.39, 0.29) is 62.0 Å². The first-order valence-corrected chi connectivity index (χ1v) is 0.651. The molecule has 6 heavy (non-hydrogen) atoms. The molecule has 0 aromatic rings. The van der Waals surface area contributed by atoms with Gasteiger partial charge in [-0.25, -0.2) is 4.79 Å². The third-order valence-corrected chi connectivity index (χ3v) is 0. The van der Waals surface area contributed by atoms with Crippen LogP contribution in [0.2, 0.25) is 0 Å². The summed E-state index contributed by atoms with van der Waals surface area (Å²) in [6, 6.07) is 0. The van der Waals surface area contributed by atoms with Crippen molar-refractivity contribution in [2.24, 2.45) is 0 Å². The van der Waals surface area contributed by atoms with Gasteiger partial charge < -0.3 is 10.2 Å². The molecule has 3 nitrogen and oxygen atoms in total. The van der Waals surface area contributed by atoms with Gasteiger partial charge in [-0.3, -0.25) is 0 Å². The van der Waals surface area contributed by atoms with Crippen LogP contribution in [-0.4, -0.2) is 75.5 Å². The first-order chi connectivity index (χ1) is 1.73. The molecule has 5 heteroatoms. The summed E-state index contributed by atoms with van der Waals surface area (Å²) in [5.74, 6) is 0. The van der Waals surface area contributed by atoms with Crippen molar-refractivity contribution in [2.45, 2.75) is 0 Å². The van der Waals surface area contributed by atoms with Gasteiger partial charge >= 0.3 is 68.1 Å². The molecule has 0 bridgehead atoms. The van der Waals surface area contributed by atoms with E-state index in [4.69, 9.17) is 15.0 Å². The Bertz CT molecular complexity index is 38.3. The molecule has 0 spiro atoms. The van der Waals surface area contributed by atoms with Crippen LogP contribution in [0.4, 0.5) is 4.79 Å². The average molecular weight is 112 g/mol. The zero-order valence-electron chi connectivity index (χ0n) is 3.80. The van der Waals surface area contributed by atoms with Gasteiger partial charge in [-0.05, 0) is 0 Å². The third-order valence-electron chi connectivity index (χ3n) is 0. The van der Waals surface area contributed by atoms with Crippen LogP contribution in [-0.2, 0) is 0 Å². The Morgan fingerprint density at radius 2 is 1.33 bits per heavy atom. The van der Waals surface area contributed by atoms with Crippen LogP contribution in [0, 0.1) is 0 Å². The van der Waals surface area contributed by atoms with Gasteiger partial charge in [-0.1, -0.05) is 0 Å². The molecule has 2 N–H and O–H groups in total. The number of hydrogen-bond acceptors (Lipinski definition) is 1. The molecule has 0 saturated heterocycles. The molecule has 0 amide bonds. The van der Waals surface area contributed by atoms with E-state index >= 15 is 0 Å². The van der Waals surface area contributed by atoms with Crippen molar-refractivity contribution in [3.63, 3.8) is 0 Å². The summed E-state index contributed by atoms with van der Waals surface area (Å²) in [6.45, 7) is 0. The fourth-order valence-electron chi connectivity index (χ4n) is 0. The number of hydrogen-bond donors (Lipinski definition) is 2. The zero-order valence-corrected chi connectivity index (χ0v) is 1.80.